The van der Waals surface area contributed by atoms with Crippen molar-refractivity contribution in [1.82, 2.24) is 15.2 Å². The summed E-state index contributed by atoms with van der Waals surface area (Å²) in [5.41, 5.74) is 8.41. The highest BCUT2D eigenvalue weighted by atomic mass is 16.5. The fraction of sp³-hybridized carbons (Fsp3) is 0.438. The van der Waals surface area contributed by atoms with Crippen molar-refractivity contribution >= 4 is 0 Å². The molecule has 0 radical (unpaired) electrons. The molecule has 0 fully saturated rings. The van der Waals surface area contributed by atoms with Gasteiger partial charge in [0.05, 0.1) is 18.8 Å². The number of ether oxygens (including phenoxy) is 1. The van der Waals surface area contributed by atoms with Crippen LogP contribution in [0.25, 0.3) is 0 Å². The first-order chi connectivity index (χ1) is 10.0. The summed E-state index contributed by atoms with van der Waals surface area (Å²) in [7, 11) is 3.62. The van der Waals surface area contributed by atoms with E-state index in [2.05, 4.69) is 43.4 Å². The van der Waals surface area contributed by atoms with E-state index in [1.54, 1.807) is 7.11 Å². The number of aryl methyl sites for hydroxylation is 3. The zero-order valence-electron chi connectivity index (χ0n) is 13.4. The summed E-state index contributed by atoms with van der Waals surface area (Å²) in [5, 5.41) is 4.50. The van der Waals surface area contributed by atoms with Gasteiger partial charge in [0, 0.05) is 24.4 Å². The first-order valence-electron chi connectivity index (χ1n) is 7.16. The predicted molar refractivity (Wildman–Crippen MR) is 84.2 cm³/mol. The Morgan fingerprint density at radius 1 is 1.33 bits per heavy atom. The molecule has 0 aliphatic heterocycles. The van der Waals surface area contributed by atoms with Crippen molar-refractivity contribution in [2.45, 2.75) is 33.2 Å². The van der Waals surface area contributed by atoms with Crippen LogP contribution in [0.2, 0.25) is 0 Å². The molecule has 0 amide bonds. The molecule has 21 heavy (non-hydrogen) atoms. The molecule has 0 saturated carbocycles. The summed E-state index contributed by atoms with van der Waals surface area (Å²) in [5.74, 6) is 6.72. The Balaban J connectivity index is 2.59. The van der Waals surface area contributed by atoms with Crippen LogP contribution in [0.5, 0.6) is 5.75 Å². The maximum absolute atomic E-state index is 5.84. The number of aromatic nitrogens is 2. The number of hydrazine groups is 1. The van der Waals surface area contributed by atoms with E-state index in [1.807, 2.05) is 17.9 Å². The molecule has 2 aromatic rings. The number of hydrogen-bond acceptors (Lipinski definition) is 4. The smallest absolute Gasteiger partial charge is 0.127 e. The second-order valence-electron chi connectivity index (χ2n) is 5.29. The lowest BCUT2D eigenvalue weighted by Gasteiger charge is -2.21. The van der Waals surface area contributed by atoms with Crippen molar-refractivity contribution in [3.05, 3.63) is 46.3 Å². The molecule has 5 heteroatoms. The Morgan fingerprint density at radius 2 is 2.05 bits per heavy atom. The Morgan fingerprint density at radius 3 is 2.62 bits per heavy atom. The van der Waals surface area contributed by atoms with E-state index >= 15 is 0 Å². The number of methoxy groups -OCH3 is 1. The quantitative estimate of drug-likeness (QED) is 0.653. The molecule has 1 aromatic heterocycles. The van der Waals surface area contributed by atoms with Gasteiger partial charge in [-0.3, -0.25) is 10.5 Å². The minimum atomic E-state index is -0.136. The van der Waals surface area contributed by atoms with Gasteiger partial charge >= 0.3 is 0 Å². The number of nitrogens with zero attached hydrogens (tertiary/aromatic N) is 2. The second-order valence-corrected chi connectivity index (χ2v) is 5.29. The van der Waals surface area contributed by atoms with Crippen LogP contribution in [0.4, 0.5) is 0 Å². The van der Waals surface area contributed by atoms with Gasteiger partial charge in [-0.15, -0.1) is 0 Å². The van der Waals surface area contributed by atoms with Gasteiger partial charge in [-0.05, 0) is 31.4 Å². The summed E-state index contributed by atoms with van der Waals surface area (Å²) in [4.78, 5) is 0. The van der Waals surface area contributed by atoms with Crippen LogP contribution >= 0.6 is 0 Å². The highest BCUT2D eigenvalue weighted by Gasteiger charge is 2.23. The Hall–Kier alpha value is -1.85. The lowest BCUT2D eigenvalue weighted by molar-refractivity contribution is 0.400. The van der Waals surface area contributed by atoms with E-state index in [0.29, 0.717) is 0 Å². The Bertz CT molecular complexity index is 633. The SMILES string of the molecule is CCc1nn(C)cc1C(NN)c1ccc(C)c(C)c1OC. The van der Waals surface area contributed by atoms with Crippen molar-refractivity contribution in [3.8, 4) is 5.75 Å². The number of nitrogens with one attached hydrogen (secondary N) is 1. The van der Waals surface area contributed by atoms with Gasteiger partial charge in [0.15, 0.2) is 0 Å². The van der Waals surface area contributed by atoms with Crippen LogP contribution < -0.4 is 16.0 Å². The largest absolute Gasteiger partial charge is 0.496 e. The van der Waals surface area contributed by atoms with E-state index in [1.165, 1.54) is 5.56 Å². The van der Waals surface area contributed by atoms with Crippen molar-refractivity contribution in [2.24, 2.45) is 12.9 Å². The standard InChI is InChI=1S/C16H24N4O/c1-6-14-13(9-20(4)19-14)15(18-17)12-8-7-10(2)11(3)16(12)21-5/h7-9,15,18H,6,17H2,1-5H3. The van der Waals surface area contributed by atoms with Crippen LogP contribution in [0.15, 0.2) is 18.3 Å². The highest BCUT2D eigenvalue weighted by Crippen LogP contribution is 2.34. The van der Waals surface area contributed by atoms with Gasteiger partial charge in [-0.2, -0.15) is 5.10 Å². The average Bonchev–Trinajstić information content (AvgIpc) is 2.84. The molecule has 0 aliphatic rings. The lowest BCUT2D eigenvalue weighted by Crippen LogP contribution is -2.29. The number of benzene rings is 1. The monoisotopic (exact) mass is 288 g/mol. The normalized spacial score (nSPS) is 12.5. The third-order valence-electron chi connectivity index (χ3n) is 3.97. The number of hydrogen-bond donors (Lipinski definition) is 2. The predicted octanol–water partition coefficient (Wildman–Crippen LogP) is 2.16. The molecular formula is C16H24N4O. The molecule has 114 valence electrons. The van der Waals surface area contributed by atoms with Gasteiger partial charge in [-0.1, -0.05) is 19.1 Å². The minimum absolute atomic E-state index is 0.136. The van der Waals surface area contributed by atoms with E-state index in [-0.39, 0.29) is 6.04 Å². The topological polar surface area (TPSA) is 65.1 Å². The third-order valence-corrected chi connectivity index (χ3v) is 3.97. The first kappa shape index (κ1) is 15.5. The summed E-state index contributed by atoms with van der Waals surface area (Å²) in [6.07, 6.45) is 2.87. The van der Waals surface area contributed by atoms with E-state index < -0.39 is 0 Å². The highest BCUT2D eigenvalue weighted by molar-refractivity contribution is 5.49. The van der Waals surface area contributed by atoms with E-state index in [4.69, 9.17) is 10.6 Å². The summed E-state index contributed by atoms with van der Waals surface area (Å²) < 4.78 is 7.44. The zero-order valence-corrected chi connectivity index (χ0v) is 13.4. The van der Waals surface area contributed by atoms with E-state index in [9.17, 15) is 0 Å². The van der Waals surface area contributed by atoms with Gasteiger partial charge in [0.1, 0.15) is 5.75 Å². The average molecular weight is 288 g/mol. The lowest BCUT2D eigenvalue weighted by atomic mass is 9.94. The van der Waals surface area contributed by atoms with Crippen LogP contribution in [-0.4, -0.2) is 16.9 Å². The first-order valence-corrected chi connectivity index (χ1v) is 7.16. The summed E-state index contributed by atoms with van der Waals surface area (Å²) >= 11 is 0. The second kappa shape index (κ2) is 6.28. The molecule has 5 nitrogen and oxygen atoms in total. The molecule has 1 atom stereocenters. The van der Waals surface area contributed by atoms with Crippen LogP contribution in [0, 0.1) is 13.8 Å². The summed E-state index contributed by atoms with van der Waals surface area (Å²) in [6.45, 7) is 6.24. The van der Waals surface area contributed by atoms with Crippen molar-refractivity contribution in [2.75, 3.05) is 7.11 Å². The molecule has 3 N–H and O–H groups in total. The number of rotatable bonds is 5. The van der Waals surface area contributed by atoms with Gasteiger partial charge in [0.2, 0.25) is 0 Å². The fourth-order valence-corrected chi connectivity index (χ4v) is 2.73. The molecular weight excluding hydrogens is 264 g/mol. The van der Waals surface area contributed by atoms with E-state index in [0.717, 1.165) is 34.6 Å². The molecule has 1 heterocycles. The summed E-state index contributed by atoms with van der Waals surface area (Å²) in [6, 6.07) is 4.03. The van der Waals surface area contributed by atoms with Gasteiger partial charge < -0.3 is 4.74 Å². The molecule has 0 aliphatic carbocycles. The zero-order chi connectivity index (χ0) is 15.6. The Labute approximate surface area is 126 Å². The Kier molecular flexibility index (Phi) is 4.65. The number of nitrogens with two attached hydrogens (primary N) is 1. The fourth-order valence-electron chi connectivity index (χ4n) is 2.73. The van der Waals surface area contributed by atoms with Crippen LogP contribution in [0.3, 0.4) is 0 Å². The molecule has 0 spiro atoms. The molecule has 0 bridgehead atoms. The molecule has 0 saturated heterocycles. The van der Waals surface area contributed by atoms with Crippen molar-refractivity contribution in [1.29, 1.82) is 0 Å². The van der Waals surface area contributed by atoms with Crippen molar-refractivity contribution < 1.29 is 4.74 Å². The van der Waals surface area contributed by atoms with Crippen LogP contribution in [-0.2, 0) is 13.5 Å². The maximum atomic E-state index is 5.84. The third kappa shape index (κ3) is 2.80. The molecule has 2 rings (SSSR count). The van der Waals surface area contributed by atoms with Crippen molar-refractivity contribution in [3.63, 3.8) is 0 Å². The molecule has 1 unspecified atom stereocenters. The van der Waals surface area contributed by atoms with Gasteiger partial charge in [0.25, 0.3) is 0 Å². The van der Waals surface area contributed by atoms with Gasteiger partial charge in [-0.25, -0.2) is 5.43 Å². The van der Waals surface area contributed by atoms with Crippen LogP contribution in [0.1, 0.15) is 40.9 Å². The minimum Gasteiger partial charge on any atom is -0.496 e. The molecule has 1 aromatic carbocycles. The maximum Gasteiger partial charge on any atom is 0.127 e.